The summed E-state index contributed by atoms with van der Waals surface area (Å²) in [4.78, 5) is 0. The number of methoxy groups -OCH3 is 1. The summed E-state index contributed by atoms with van der Waals surface area (Å²) >= 11 is 0. The monoisotopic (exact) mass is 237 g/mol. The lowest BCUT2D eigenvalue weighted by molar-refractivity contribution is 0.0909. The highest BCUT2D eigenvalue weighted by Crippen LogP contribution is 2.25. The van der Waals surface area contributed by atoms with Crippen LogP contribution in [0.5, 0.6) is 5.75 Å². The molecule has 0 radical (unpaired) electrons. The predicted octanol–water partition coefficient (Wildman–Crippen LogP) is 2.30. The van der Waals surface area contributed by atoms with Crippen LogP contribution in [0.1, 0.15) is 25.0 Å². The number of hydrogen-bond donors (Lipinski definition) is 1. The SMILES string of the molecule is COCC(C)Oc1c(C)cccc1CC(C)N. The van der Waals surface area contributed by atoms with Gasteiger partial charge < -0.3 is 15.2 Å². The van der Waals surface area contributed by atoms with E-state index in [1.165, 1.54) is 5.56 Å². The minimum atomic E-state index is 0.0490. The molecule has 3 nitrogen and oxygen atoms in total. The van der Waals surface area contributed by atoms with Crippen LogP contribution in [0.25, 0.3) is 0 Å². The first-order valence-electron chi connectivity index (χ1n) is 6.04. The Hall–Kier alpha value is -1.06. The van der Waals surface area contributed by atoms with Gasteiger partial charge in [0.15, 0.2) is 0 Å². The van der Waals surface area contributed by atoms with Gasteiger partial charge in [-0.15, -0.1) is 0 Å². The van der Waals surface area contributed by atoms with Crippen LogP contribution >= 0.6 is 0 Å². The zero-order chi connectivity index (χ0) is 12.8. The maximum atomic E-state index is 5.94. The van der Waals surface area contributed by atoms with Crippen molar-refractivity contribution in [2.24, 2.45) is 5.73 Å². The molecule has 1 rings (SSSR count). The summed E-state index contributed by atoms with van der Waals surface area (Å²) < 4.78 is 11.0. The molecule has 0 spiro atoms. The molecule has 0 bridgehead atoms. The number of rotatable bonds is 6. The Morgan fingerprint density at radius 2 is 2.00 bits per heavy atom. The lowest BCUT2D eigenvalue weighted by Gasteiger charge is -2.19. The summed E-state index contributed by atoms with van der Waals surface area (Å²) in [5.74, 6) is 0.953. The number of aryl methyl sites for hydroxylation is 1. The Kier molecular flexibility index (Phi) is 5.45. The van der Waals surface area contributed by atoms with Gasteiger partial charge in [-0.3, -0.25) is 0 Å². The van der Waals surface area contributed by atoms with Gasteiger partial charge in [0.25, 0.3) is 0 Å². The van der Waals surface area contributed by atoms with Crippen molar-refractivity contribution in [1.82, 2.24) is 0 Å². The summed E-state index contributed by atoms with van der Waals surface area (Å²) in [6, 6.07) is 6.31. The van der Waals surface area contributed by atoms with Crippen LogP contribution in [-0.2, 0) is 11.2 Å². The molecule has 2 unspecified atom stereocenters. The fourth-order valence-electron chi connectivity index (χ4n) is 1.86. The van der Waals surface area contributed by atoms with Crippen LogP contribution in [0.2, 0.25) is 0 Å². The molecule has 2 N–H and O–H groups in total. The Morgan fingerprint density at radius 3 is 2.59 bits per heavy atom. The van der Waals surface area contributed by atoms with Crippen LogP contribution < -0.4 is 10.5 Å². The first-order valence-corrected chi connectivity index (χ1v) is 6.04. The number of nitrogens with two attached hydrogens (primary N) is 1. The zero-order valence-corrected chi connectivity index (χ0v) is 11.2. The molecule has 0 saturated heterocycles. The third kappa shape index (κ3) is 4.36. The molecule has 17 heavy (non-hydrogen) atoms. The zero-order valence-electron chi connectivity index (χ0n) is 11.2. The van der Waals surface area contributed by atoms with Gasteiger partial charge in [0, 0.05) is 13.2 Å². The Bertz CT molecular complexity index is 350. The van der Waals surface area contributed by atoms with E-state index in [0.717, 1.165) is 17.7 Å². The molecular formula is C14H23NO2. The van der Waals surface area contributed by atoms with Crippen LogP contribution in [0, 0.1) is 6.92 Å². The smallest absolute Gasteiger partial charge is 0.125 e. The van der Waals surface area contributed by atoms with Crippen molar-refractivity contribution in [3.63, 3.8) is 0 Å². The predicted molar refractivity (Wildman–Crippen MR) is 70.5 cm³/mol. The molecule has 2 atom stereocenters. The van der Waals surface area contributed by atoms with Crippen LogP contribution in [-0.4, -0.2) is 25.9 Å². The second-order valence-electron chi connectivity index (χ2n) is 4.63. The molecule has 1 aromatic carbocycles. The van der Waals surface area contributed by atoms with E-state index in [4.69, 9.17) is 15.2 Å². The molecule has 0 aromatic heterocycles. The van der Waals surface area contributed by atoms with E-state index < -0.39 is 0 Å². The van der Waals surface area contributed by atoms with Gasteiger partial charge in [0.1, 0.15) is 11.9 Å². The van der Waals surface area contributed by atoms with Crippen molar-refractivity contribution in [3.05, 3.63) is 29.3 Å². The van der Waals surface area contributed by atoms with Gasteiger partial charge in [0.2, 0.25) is 0 Å². The number of hydrogen-bond acceptors (Lipinski definition) is 3. The standard InChI is InChI=1S/C14H23NO2/c1-10-6-5-7-13(8-11(2)15)14(10)17-12(3)9-16-4/h5-7,11-12H,8-9,15H2,1-4H3. The van der Waals surface area contributed by atoms with Crippen molar-refractivity contribution < 1.29 is 9.47 Å². The maximum Gasteiger partial charge on any atom is 0.125 e. The Morgan fingerprint density at radius 1 is 1.29 bits per heavy atom. The quantitative estimate of drug-likeness (QED) is 0.825. The summed E-state index contributed by atoms with van der Waals surface area (Å²) in [6.45, 7) is 6.65. The highest BCUT2D eigenvalue weighted by atomic mass is 16.5. The highest BCUT2D eigenvalue weighted by molar-refractivity contribution is 5.41. The van der Waals surface area contributed by atoms with Gasteiger partial charge in [-0.25, -0.2) is 0 Å². The molecule has 3 heteroatoms. The average molecular weight is 237 g/mol. The molecule has 0 aliphatic carbocycles. The van der Waals surface area contributed by atoms with E-state index >= 15 is 0 Å². The molecule has 0 aliphatic rings. The lowest BCUT2D eigenvalue weighted by atomic mass is 10.0. The van der Waals surface area contributed by atoms with E-state index in [1.807, 2.05) is 19.9 Å². The van der Waals surface area contributed by atoms with Crippen molar-refractivity contribution >= 4 is 0 Å². The van der Waals surface area contributed by atoms with Crippen LogP contribution in [0.15, 0.2) is 18.2 Å². The second kappa shape index (κ2) is 6.62. The van der Waals surface area contributed by atoms with Gasteiger partial charge in [-0.05, 0) is 38.3 Å². The van der Waals surface area contributed by atoms with Crippen LogP contribution in [0.3, 0.4) is 0 Å². The van der Waals surface area contributed by atoms with E-state index in [1.54, 1.807) is 7.11 Å². The average Bonchev–Trinajstić information content (AvgIpc) is 2.23. The second-order valence-corrected chi connectivity index (χ2v) is 4.63. The molecule has 0 amide bonds. The topological polar surface area (TPSA) is 44.5 Å². The third-order valence-corrected chi connectivity index (χ3v) is 2.56. The molecule has 0 aliphatic heterocycles. The van der Waals surface area contributed by atoms with Gasteiger partial charge >= 0.3 is 0 Å². The molecular weight excluding hydrogens is 214 g/mol. The van der Waals surface area contributed by atoms with E-state index in [9.17, 15) is 0 Å². The van der Waals surface area contributed by atoms with E-state index in [0.29, 0.717) is 6.61 Å². The Balaban J connectivity index is 2.87. The van der Waals surface area contributed by atoms with E-state index in [2.05, 4.69) is 19.1 Å². The molecule has 96 valence electrons. The normalized spacial score (nSPS) is 14.4. The first kappa shape index (κ1) is 14.0. The summed E-state index contributed by atoms with van der Waals surface area (Å²) in [5, 5.41) is 0. The van der Waals surface area contributed by atoms with Crippen molar-refractivity contribution in [3.8, 4) is 5.75 Å². The minimum Gasteiger partial charge on any atom is -0.488 e. The van der Waals surface area contributed by atoms with E-state index in [-0.39, 0.29) is 12.1 Å². The fourth-order valence-corrected chi connectivity index (χ4v) is 1.86. The molecule has 0 heterocycles. The molecule has 0 fully saturated rings. The van der Waals surface area contributed by atoms with Crippen molar-refractivity contribution in [2.75, 3.05) is 13.7 Å². The number of para-hydroxylation sites is 1. The summed E-state index contributed by atoms with van der Waals surface area (Å²) in [6.07, 6.45) is 0.879. The molecule has 1 aromatic rings. The van der Waals surface area contributed by atoms with Gasteiger partial charge in [-0.2, -0.15) is 0 Å². The van der Waals surface area contributed by atoms with Gasteiger partial charge in [0.05, 0.1) is 6.61 Å². The largest absolute Gasteiger partial charge is 0.488 e. The minimum absolute atomic E-state index is 0.0490. The Labute approximate surface area is 104 Å². The van der Waals surface area contributed by atoms with Crippen molar-refractivity contribution in [1.29, 1.82) is 0 Å². The third-order valence-electron chi connectivity index (χ3n) is 2.56. The number of ether oxygens (including phenoxy) is 2. The maximum absolute atomic E-state index is 5.94. The molecule has 0 saturated carbocycles. The van der Waals surface area contributed by atoms with Gasteiger partial charge in [-0.1, -0.05) is 18.2 Å². The van der Waals surface area contributed by atoms with Crippen LogP contribution in [0.4, 0.5) is 0 Å². The summed E-state index contributed by atoms with van der Waals surface area (Å²) in [5.41, 5.74) is 8.17. The number of benzene rings is 1. The summed E-state index contributed by atoms with van der Waals surface area (Å²) in [7, 11) is 1.68. The lowest BCUT2D eigenvalue weighted by Crippen LogP contribution is -2.22. The fraction of sp³-hybridized carbons (Fsp3) is 0.571. The first-order chi connectivity index (χ1) is 8.04. The highest BCUT2D eigenvalue weighted by Gasteiger charge is 2.12. The van der Waals surface area contributed by atoms with Crippen molar-refractivity contribution in [2.45, 2.75) is 39.3 Å².